The average Bonchev–Trinajstić information content (AvgIpc) is 2.89. The molecule has 110 valence electrons. The summed E-state index contributed by atoms with van der Waals surface area (Å²) in [6.07, 6.45) is 2.64. The minimum Gasteiger partial charge on any atom is -0.478 e. The Morgan fingerprint density at radius 3 is 2.33 bits per heavy atom. The first-order valence-electron chi connectivity index (χ1n) is 6.69. The normalized spacial score (nSPS) is 10.5. The van der Waals surface area contributed by atoms with Gasteiger partial charge in [-0.25, -0.2) is 14.3 Å². The molecule has 0 bridgehead atoms. The molecule has 0 atom stereocenters. The van der Waals surface area contributed by atoms with E-state index in [1.54, 1.807) is 22.9 Å². The van der Waals surface area contributed by atoms with Crippen molar-refractivity contribution in [3.63, 3.8) is 0 Å². The zero-order valence-corrected chi connectivity index (χ0v) is 11.6. The minimum absolute atomic E-state index is 0.0107. The van der Waals surface area contributed by atoms with Crippen molar-refractivity contribution in [2.45, 2.75) is 26.2 Å². The molecule has 1 heterocycles. The van der Waals surface area contributed by atoms with Crippen LogP contribution in [0.1, 0.15) is 46.3 Å². The van der Waals surface area contributed by atoms with Crippen LogP contribution in [0.3, 0.4) is 0 Å². The van der Waals surface area contributed by atoms with Crippen molar-refractivity contribution in [3.8, 4) is 5.69 Å². The predicted molar refractivity (Wildman–Crippen MR) is 76.1 cm³/mol. The fourth-order valence-electron chi connectivity index (χ4n) is 2.03. The van der Waals surface area contributed by atoms with Gasteiger partial charge >= 0.3 is 11.9 Å². The molecule has 1 aromatic heterocycles. The number of carboxylic acids is 2. The van der Waals surface area contributed by atoms with Gasteiger partial charge in [0.1, 0.15) is 0 Å². The zero-order chi connectivity index (χ0) is 15.4. The quantitative estimate of drug-likeness (QED) is 0.852. The molecule has 0 saturated carbocycles. The second kappa shape index (κ2) is 6.21. The monoisotopic (exact) mass is 288 g/mol. The van der Waals surface area contributed by atoms with Crippen LogP contribution in [0, 0.1) is 0 Å². The fraction of sp³-hybridized carbons (Fsp3) is 0.267. The lowest BCUT2D eigenvalue weighted by Gasteiger charge is -2.07. The SMILES string of the molecule is CCCCc1cc(C(=O)O)nn1-c1ccc(C(=O)O)cc1. The number of carbonyl (C=O) groups is 2. The number of aromatic nitrogens is 2. The van der Waals surface area contributed by atoms with E-state index in [-0.39, 0.29) is 11.3 Å². The minimum atomic E-state index is -1.08. The summed E-state index contributed by atoms with van der Waals surface area (Å²) in [5.74, 6) is -2.08. The molecule has 6 nitrogen and oxygen atoms in total. The Labute approximate surface area is 121 Å². The van der Waals surface area contributed by atoms with Crippen LogP contribution < -0.4 is 0 Å². The van der Waals surface area contributed by atoms with E-state index in [0.29, 0.717) is 5.69 Å². The summed E-state index contributed by atoms with van der Waals surface area (Å²) >= 11 is 0. The molecular formula is C15H16N2O4. The van der Waals surface area contributed by atoms with Crippen molar-refractivity contribution in [2.75, 3.05) is 0 Å². The van der Waals surface area contributed by atoms with Crippen LogP contribution in [0.5, 0.6) is 0 Å². The first-order chi connectivity index (χ1) is 10.0. The maximum absolute atomic E-state index is 11.1. The van der Waals surface area contributed by atoms with Gasteiger partial charge in [-0.05, 0) is 43.2 Å². The molecule has 2 aromatic rings. The highest BCUT2D eigenvalue weighted by atomic mass is 16.4. The standard InChI is InChI=1S/C15H16N2O4/c1-2-3-4-12-9-13(15(20)21)16-17(12)11-7-5-10(6-8-11)14(18)19/h5-9H,2-4H2,1H3,(H,18,19)(H,20,21). The van der Waals surface area contributed by atoms with Crippen molar-refractivity contribution in [2.24, 2.45) is 0 Å². The number of hydrogen-bond acceptors (Lipinski definition) is 3. The first kappa shape index (κ1) is 14.8. The van der Waals surface area contributed by atoms with Crippen molar-refractivity contribution in [1.82, 2.24) is 9.78 Å². The Kier molecular flexibility index (Phi) is 4.37. The van der Waals surface area contributed by atoms with Crippen LogP contribution in [0.15, 0.2) is 30.3 Å². The summed E-state index contributed by atoms with van der Waals surface area (Å²) in [7, 11) is 0. The highest BCUT2D eigenvalue weighted by Gasteiger charge is 2.14. The van der Waals surface area contributed by atoms with Gasteiger partial charge in [-0.3, -0.25) is 0 Å². The van der Waals surface area contributed by atoms with E-state index in [1.807, 2.05) is 0 Å². The predicted octanol–water partition coefficient (Wildman–Crippen LogP) is 2.61. The van der Waals surface area contributed by atoms with Gasteiger partial charge in [0.25, 0.3) is 0 Å². The van der Waals surface area contributed by atoms with Crippen LogP contribution in [-0.4, -0.2) is 31.9 Å². The largest absolute Gasteiger partial charge is 0.478 e. The summed E-state index contributed by atoms with van der Waals surface area (Å²) in [6.45, 7) is 2.06. The Hall–Kier alpha value is -2.63. The number of aromatic carboxylic acids is 2. The summed E-state index contributed by atoms with van der Waals surface area (Å²) in [5.41, 5.74) is 1.62. The molecule has 0 spiro atoms. The second-order valence-corrected chi connectivity index (χ2v) is 4.69. The molecule has 0 aliphatic heterocycles. The van der Waals surface area contributed by atoms with E-state index >= 15 is 0 Å². The number of unbranched alkanes of at least 4 members (excludes halogenated alkanes) is 1. The van der Waals surface area contributed by atoms with Crippen LogP contribution >= 0.6 is 0 Å². The third-order valence-corrected chi connectivity index (χ3v) is 3.15. The highest BCUT2D eigenvalue weighted by molar-refractivity contribution is 5.88. The second-order valence-electron chi connectivity index (χ2n) is 4.69. The first-order valence-corrected chi connectivity index (χ1v) is 6.69. The van der Waals surface area contributed by atoms with Crippen LogP contribution in [-0.2, 0) is 6.42 Å². The lowest BCUT2D eigenvalue weighted by Crippen LogP contribution is -2.05. The molecule has 0 radical (unpaired) electrons. The molecule has 0 fully saturated rings. The van der Waals surface area contributed by atoms with Gasteiger partial charge in [0.2, 0.25) is 0 Å². The number of hydrogen-bond donors (Lipinski definition) is 2. The molecule has 0 saturated heterocycles. The van der Waals surface area contributed by atoms with Crippen LogP contribution in [0.25, 0.3) is 5.69 Å². The maximum atomic E-state index is 11.1. The fourth-order valence-corrected chi connectivity index (χ4v) is 2.03. The van der Waals surface area contributed by atoms with E-state index in [0.717, 1.165) is 25.0 Å². The van der Waals surface area contributed by atoms with E-state index < -0.39 is 11.9 Å². The summed E-state index contributed by atoms with van der Waals surface area (Å²) in [5, 5.41) is 22.0. The number of nitrogens with zero attached hydrogens (tertiary/aromatic N) is 2. The summed E-state index contributed by atoms with van der Waals surface area (Å²) in [6, 6.07) is 7.75. The van der Waals surface area contributed by atoms with E-state index in [9.17, 15) is 9.59 Å². The Morgan fingerprint density at radius 2 is 1.81 bits per heavy atom. The molecule has 2 rings (SSSR count). The smallest absolute Gasteiger partial charge is 0.356 e. The third-order valence-electron chi connectivity index (χ3n) is 3.15. The zero-order valence-electron chi connectivity index (χ0n) is 11.6. The van der Waals surface area contributed by atoms with Crippen LogP contribution in [0.2, 0.25) is 0 Å². The van der Waals surface area contributed by atoms with Crippen molar-refractivity contribution >= 4 is 11.9 Å². The Balaban J connectivity index is 2.40. The number of rotatable bonds is 6. The molecular weight excluding hydrogens is 272 g/mol. The molecule has 1 aromatic carbocycles. The lowest BCUT2D eigenvalue weighted by atomic mass is 10.1. The molecule has 21 heavy (non-hydrogen) atoms. The average molecular weight is 288 g/mol. The molecule has 0 amide bonds. The van der Waals surface area contributed by atoms with Gasteiger partial charge in [0, 0.05) is 5.69 Å². The van der Waals surface area contributed by atoms with E-state index in [4.69, 9.17) is 10.2 Å². The molecule has 0 unspecified atom stereocenters. The van der Waals surface area contributed by atoms with Crippen molar-refractivity contribution in [3.05, 3.63) is 47.3 Å². The van der Waals surface area contributed by atoms with Gasteiger partial charge in [0.05, 0.1) is 11.3 Å². The van der Waals surface area contributed by atoms with Gasteiger partial charge in [0.15, 0.2) is 5.69 Å². The van der Waals surface area contributed by atoms with E-state index in [2.05, 4.69) is 12.0 Å². The maximum Gasteiger partial charge on any atom is 0.356 e. The van der Waals surface area contributed by atoms with Gasteiger partial charge in [-0.15, -0.1) is 0 Å². The molecule has 2 N–H and O–H groups in total. The van der Waals surface area contributed by atoms with Crippen molar-refractivity contribution < 1.29 is 19.8 Å². The third kappa shape index (κ3) is 3.28. The number of aryl methyl sites for hydroxylation is 1. The Bertz CT molecular complexity index is 659. The molecule has 0 aliphatic carbocycles. The summed E-state index contributed by atoms with van der Waals surface area (Å²) < 4.78 is 1.56. The van der Waals surface area contributed by atoms with E-state index in [1.165, 1.54) is 12.1 Å². The van der Waals surface area contributed by atoms with Gasteiger partial charge in [-0.1, -0.05) is 13.3 Å². The topological polar surface area (TPSA) is 92.4 Å². The summed E-state index contributed by atoms with van der Waals surface area (Å²) in [4.78, 5) is 21.9. The van der Waals surface area contributed by atoms with Gasteiger partial charge in [-0.2, -0.15) is 5.10 Å². The van der Waals surface area contributed by atoms with Crippen molar-refractivity contribution in [1.29, 1.82) is 0 Å². The number of carboxylic acid groups (broad SMARTS) is 2. The lowest BCUT2D eigenvalue weighted by molar-refractivity contribution is 0.0682. The number of benzene rings is 1. The Morgan fingerprint density at radius 1 is 1.14 bits per heavy atom. The van der Waals surface area contributed by atoms with Gasteiger partial charge < -0.3 is 10.2 Å². The molecule has 6 heteroatoms. The highest BCUT2D eigenvalue weighted by Crippen LogP contribution is 2.16. The van der Waals surface area contributed by atoms with Crippen LogP contribution in [0.4, 0.5) is 0 Å². The molecule has 0 aliphatic rings.